The molecular weight excluding hydrogens is 214 g/mol. The van der Waals surface area contributed by atoms with Gasteiger partial charge in [-0.2, -0.15) is 4.37 Å². The van der Waals surface area contributed by atoms with E-state index in [2.05, 4.69) is 20.2 Å². The van der Waals surface area contributed by atoms with Gasteiger partial charge in [-0.05, 0) is 0 Å². The zero-order valence-electron chi connectivity index (χ0n) is 8.39. The van der Waals surface area contributed by atoms with Crippen molar-refractivity contribution in [3.05, 3.63) is 12.7 Å². The minimum absolute atomic E-state index is 0.461. The first-order valence-corrected chi connectivity index (χ1v) is 5.54. The molecule has 0 aliphatic carbocycles. The fraction of sp³-hybridized carbons (Fsp3) is 0.556. The van der Waals surface area contributed by atoms with E-state index in [9.17, 15) is 0 Å². The molecule has 0 unspecified atom stereocenters. The molecule has 0 N–H and O–H groups in total. The molecule has 2 heterocycles. The lowest BCUT2D eigenvalue weighted by Crippen LogP contribution is -2.36. The third-order valence-corrected chi connectivity index (χ3v) is 2.59. The van der Waals surface area contributed by atoms with Crippen LogP contribution in [0, 0.1) is 0 Å². The van der Waals surface area contributed by atoms with Gasteiger partial charge in [0.2, 0.25) is 5.82 Å². The number of hydrogen-bond acceptors (Lipinski definition) is 6. The van der Waals surface area contributed by atoms with Gasteiger partial charge in [-0.25, -0.2) is 0 Å². The van der Waals surface area contributed by atoms with E-state index < -0.39 is 0 Å². The van der Waals surface area contributed by atoms with Gasteiger partial charge in [-0.1, -0.05) is 12.7 Å². The standard InChI is InChI=1S/C9H13N3O2S/c1-2-5-14-9-8(10-15-11-9)12-3-6-13-7-4-12/h2H,1,3-7H2. The Morgan fingerprint density at radius 1 is 1.47 bits per heavy atom. The van der Waals surface area contributed by atoms with E-state index in [0.717, 1.165) is 32.1 Å². The average Bonchev–Trinajstić information content (AvgIpc) is 2.75. The zero-order chi connectivity index (χ0) is 10.5. The van der Waals surface area contributed by atoms with Gasteiger partial charge in [0.1, 0.15) is 6.61 Å². The highest BCUT2D eigenvalue weighted by atomic mass is 32.1. The predicted octanol–water partition coefficient (Wildman–Crippen LogP) is 0.939. The summed E-state index contributed by atoms with van der Waals surface area (Å²) in [6.45, 7) is 7.22. The Morgan fingerprint density at radius 3 is 3.00 bits per heavy atom. The molecule has 15 heavy (non-hydrogen) atoms. The van der Waals surface area contributed by atoms with Crippen molar-refractivity contribution in [1.82, 2.24) is 8.75 Å². The number of rotatable bonds is 4. The Kier molecular flexibility index (Phi) is 3.52. The first-order valence-electron chi connectivity index (χ1n) is 4.81. The summed E-state index contributed by atoms with van der Waals surface area (Å²) in [5.74, 6) is 1.42. The zero-order valence-corrected chi connectivity index (χ0v) is 9.20. The van der Waals surface area contributed by atoms with Crippen LogP contribution in [0.25, 0.3) is 0 Å². The van der Waals surface area contributed by atoms with E-state index in [1.165, 1.54) is 11.7 Å². The summed E-state index contributed by atoms with van der Waals surface area (Å²) in [5.41, 5.74) is 0. The number of nitrogens with zero attached hydrogens (tertiary/aromatic N) is 3. The summed E-state index contributed by atoms with van der Waals surface area (Å²) in [7, 11) is 0. The summed E-state index contributed by atoms with van der Waals surface area (Å²) in [4.78, 5) is 2.13. The average molecular weight is 227 g/mol. The van der Waals surface area contributed by atoms with Gasteiger partial charge in [0.05, 0.1) is 24.9 Å². The Hall–Kier alpha value is -1.14. The Morgan fingerprint density at radius 2 is 2.27 bits per heavy atom. The SMILES string of the molecule is C=CCOc1nsnc1N1CCOCC1. The van der Waals surface area contributed by atoms with Crippen molar-refractivity contribution < 1.29 is 9.47 Å². The monoisotopic (exact) mass is 227 g/mol. The maximum atomic E-state index is 5.42. The topological polar surface area (TPSA) is 47.5 Å². The van der Waals surface area contributed by atoms with Gasteiger partial charge < -0.3 is 14.4 Å². The van der Waals surface area contributed by atoms with E-state index in [-0.39, 0.29) is 0 Å². The molecular formula is C9H13N3O2S. The van der Waals surface area contributed by atoms with Crippen LogP contribution in [0.15, 0.2) is 12.7 Å². The highest BCUT2D eigenvalue weighted by Gasteiger charge is 2.19. The summed E-state index contributed by atoms with van der Waals surface area (Å²) in [6.07, 6.45) is 1.70. The number of morpholine rings is 1. The Balaban J connectivity index is 2.05. The van der Waals surface area contributed by atoms with Crippen molar-refractivity contribution in [2.45, 2.75) is 0 Å². The van der Waals surface area contributed by atoms with E-state index >= 15 is 0 Å². The molecule has 0 amide bonds. The maximum absolute atomic E-state index is 5.42. The summed E-state index contributed by atoms with van der Waals surface area (Å²) < 4.78 is 19.0. The van der Waals surface area contributed by atoms with Crippen LogP contribution in [0.3, 0.4) is 0 Å². The van der Waals surface area contributed by atoms with Crippen molar-refractivity contribution in [2.24, 2.45) is 0 Å². The Labute approximate surface area is 92.6 Å². The second-order valence-corrected chi connectivity index (χ2v) is 3.62. The van der Waals surface area contributed by atoms with Crippen LogP contribution in [-0.2, 0) is 4.74 Å². The number of aromatic nitrogens is 2. The number of ether oxygens (including phenoxy) is 2. The summed E-state index contributed by atoms with van der Waals surface area (Å²) >= 11 is 1.17. The lowest BCUT2D eigenvalue weighted by molar-refractivity contribution is 0.122. The molecule has 1 saturated heterocycles. The normalized spacial score (nSPS) is 16.4. The van der Waals surface area contributed by atoms with E-state index in [0.29, 0.717) is 12.5 Å². The molecule has 1 aromatic heterocycles. The molecule has 6 heteroatoms. The lowest BCUT2D eigenvalue weighted by Gasteiger charge is -2.26. The fourth-order valence-corrected chi connectivity index (χ4v) is 1.89. The summed E-state index contributed by atoms with van der Waals surface area (Å²) in [5, 5.41) is 0. The van der Waals surface area contributed by atoms with E-state index in [4.69, 9.17) is 9.47 Å². The fourth-order valence-electron chi connectivity index (χ4n) is 1.37. The molecule has 1 aliphatic rings. The lowest BCUT2D eigenvalue weighted by atomic mass is 10.4. The minimum atomic E-state index is 0.461. The minimum Gasteiger partial charge on any atom is -0.470 e. The molecule has 0 saturated carbocycles. The molecule has 0 atom stereocenters. The van der Waals surface area contributed by atoms with Crippen LogP contribution >= 0.6 is 11.7 Å². The first kappa shape index (κ1) is 10.4. The van der Waals surface area contributed by atoms with Crippen molar-refractivity contribution in [3.8, 4) is 5.88 Å². The van der Waals surface area contributed by atoms with Gasteiger partial charge in [0, 0.05) is 13.1 Å². The molecule has 0 bridgehead atoms. The van der Waals surface area contributed by atoms with Crippen molar-refractivity contribution >= 4 is 17.5 Å². The molecule has 1 aliphatic heterocycles. The number of anilines is 1. The van der Waals surface area contributed by atoms with Crippen LogP contribution in [0.2, 0.25) is 0 Å². The first-order chi connectivity index (χ1) is 7.42. The molecule has 0 spiro atoms. The third-order valence-electron chi connectivity index (χ3n) is 2.09. The second kappa shape index (κ2) is 5.09. The van der Waals surface area contributed by atoms with Crippen molar-refractivity contribution in [1.29, 1.82) is 0 Å². The highest BCUT2D eigenvalue weighted by molar-refractivity contribution is 6.99. The smallest absolute Gasteiger partial charge is 0.271 e. The van der Waals surface area contributed by atoms with Crippen LogP contribution < -0.4 is 9.64 Å². The quantitative estimate of drug-likeness (QED) is 0.716. The van der Waals surface area contributed by atoms with E-state index in [1.54, 1.807) is 6.08 Å². The molecule has 0 aromatic carbocycles. The second-order valence-electron chi connectivity index (χ2n) is 3.09. The van der Waals surface area contributed by atoms with Crippen LogP contribution in [0.4, 0.5) is 5.82 Å². The highest BCUT2D eigenvalue weighted by Crippen LogP contribution is 2.25. The van der Waals surface area contributed by atoms with E-state index in [1.807, 2.05) is 0 Å². The van der Waals surface area contributed by atoms with Crippen LogP contribution in [0.1, 0.15) is 0 Å². The Bertz CT molecular complexity index is 323. The maximum Gasteiger partial charge on any atom is 0.271 e. The van der Waals surface area contributed by atoms with Gasteiger partial charge >= 0.3 is 0 Å². The van der Waals surface area contributed by atoms with Gasteiger partial charge in [0.25, 0.3) is 5.88 Å². The molecule has 82 valence electrons. The van der Waals surface area contributed by atoms with Crippen molar-refractivity contribution in [3.63, 3.8) is 0 Å². The van der Waals surface area contributed by atoms with Crippen molar-refractivity contribution in [2.75, 3.05) is 37.8 Å². The number of hydrogen-bond donors (Lipinski definition) is 0. The largest absolute Gasteiger partial charge is 0.470 e. The van der Waals surface area contributed by atoms with Gasteiger partial charge in [0.15, 0.2) is 0 Å². The molecule has 1 aromatic rings. The van der Waals surface area contributed by atoms with Gasteiger partial charge in [-0.15, -0.1) is 4.37 Å². The summed E-state index contributed by atoms with van der Waals surface area (Å²) in [6, 6.07) is 0. The third kappa shape index (κ3) is 2.45. The predicted molar refractivity (Wildman–Crippen MR) is 58.6 cm³/mol. The van der Waals surface area contributed by atoms with Gasteiger partial charge in [-0.3, -0.25) is 0 Å². The molecule has 2 rings (SSSR count). The molecule has 0 radical (unpaired) electrons. The molecule has 1 fully saturated rings. The van der Waals surface area contributed by atoms with Crippen LogP contribution in [-0.4, -0.2) is 41.7 Å². The van der Waals surface area contributed by atoms with Crippen LogP contribution in [0.5, 0.6) is 5.88 Å². The molecule has 5 nitrogen and oxygen atoms in total.